The van der Waals surface area contributed by atoms with Crippen molar-refractivity contribution in [1.29, 1.82) is 0 Å². The fourth-order valence-corrected chi connectivity index (χ4v) is 5.48. The minimum absolute atomic E-state index is 0.0228. The van der Waals surface area contributed by atoms with Crippen molar-refractivity contribution in [2.45, 2.75) is 56.8 Å². The van der Waals surface area contributed by atoms with Crippen molar-refractivity contribution < 1.29 is 26.9 Å². The van der Waals surface area contributed by atoms with Crippen molar-refractivity contribution >= 4 is 33.3 Å². The van der Waals surface area contributed by atoms with Crippen LogP contribution in [-0.4, -0.2) is 51.6 Å². The zero-order valence-corrected chi connectivity index (χ0v) is 25.4. The van der Waals surface area contributed by atoms with Gasteiger partial charge in [-0.3, -0.25) is 4.18 Å². The van der Waals surface area contributed by atoms with Crippen molar-refractivity contribution in [2.75, 3.05) is 27.0 Å². The van der Waals surface area contributed by atoms with Crippen LogP contribution in [0.1, 0.15) is 54.9 Å². The molecule has 3 aromatic rings. The van der Waals surface area contributed by atoms with E-state index < -0.39 is 21.8 Å². The van der Waals surface area contributed by atoms with E-state index in [1.807, 2.05) is 44.4 Å². The highest BCUT2D eigenvalue weighted by Crippen LogP contribution is 2.43. The van der Waals surface area contributed by atoms with Gasteiger partial charge in [-0.2, -0.15) is 8.42 Å². The molecule has 1 aliphatic carbocycles. The first kappa shape index (κ1) is 32.5. The summed E-state index contributed by atoms with van der Waals surface area (Å²) >= 11 is 12.1. The molecule has 8 nitrogen and oxygen atoms in total. The van der Waals surface area contributed by atoms with Crippen molar-refractivity contribution in [3.05, 3.63) is 87.6 Å². The number of nitrogens with one attached hydrogen (secondary N) is 1. The lowest BCUT2D eigenvalue weighted by Crippen LogP contribution is -2.38. The fourth-order valence-electron chi connectivity index (χ4n) is 4.76. The SMILES string of the molecule is CNC.CS(=O)(=O)OCC(Cc1cnc(C(O)(c2ccccc2)C2CCCCC2)o1)OCc1ccc(Cl)c(Cl)c1. The quantitative estimate of drug-likeness (QED) is 0.264. The van der Waals surface area contributed by atoms with Gasteiger partial charge in [0.05, 0.1) is 41.8 Å². The van der Waals surface area contributed by atoms with Crippen LogP contribution in [0.4, 0.5) is 0 Å². The zero-order valence-electron chi connectivity index (χ0n) is 23.1. The Morgan fingerprint density at radius 3 is 2.40 bits per heavy atom. The number of oxazole rings is 1. The molecule has 0 radical (unpaired) electrons. The maximum Gasteiger partial charge on any atom is 0.264 e. The number of halogens is 2. The zero-order chi connectivity index (χ0) is 29.2. The molecule has 1 heterocycles. The Morgan fingerprint density at radius 1 is 1.10 bits per heavy atom. The summed E-state index contributed by atoms with van der Waals surface area (Å²) in [6.07, 6.45) is 7.06. The molecule has 0 spiro atoms. The monoisotopic (exact) mass is 612 g/mol. The Bertz CT molecular complexity index is 1300. The van der Waals surface area contributed by atoms with Crippen molar-refractivity contribution in [1.82, 2.24) is 10.3 Å². The number of aliphatic hydroxyl groups is 1. The summed E-state index contributed by atoms with van der Waals surface area (Å²) in [5, 5.41) is 15.6. The minimum atomic E-state index is -3.68. The third kappa shape index (κ3) is 9.27. The van der Waals surface area contributed by atoms with E-state index in [0.29, 0.717) is 15.8 Å². The number of nitrogens with zero attached hydrogens (tertiary/aromatic N) is 1. The average molecular weight is 614 g/mol. The maximum atomic E-state index is 12.0. The highest BCUT2D eigenvalue weighted by molar-refractivity contribution is 7.85. The van der Waals surface area contributed by atoms with Gasteiger partial charge in [0.25, 0.3) is 10.1 Å². The van der Waals surface area contributed by atoms with Crippen LogP contribution >= 0.6 is 23.2 Å². The van der Waals surface area contributed by atoms with Crippen molar-refractivity contribution in [3.8, 4) is 0 Å². The van der Waals surface area contributed by atoms with Gasteiger partial charge < -0.3 is 19.6 Å². The second-order valence-corrected chi connectivity index (χ2v) is 12.4. The molecule has 1 aliphatic rings. The first-order valence-electron chi connectivity index (χ1n) is 13.3. The summed E-state index contributed by atoms with van der Waals surface area (Å²) in [7, 11) is 0.0699. The van der Waals surface area contributed by atoms with E-state index in [4.69, 9.17) is 36.5 Å². The van der Waals surface area contributed by atoms with Crippen LogP contribution in [0.25, 0.3) is 0 Å². The Balaban J connectivity index is 0.00000141. The second kappa shape index (κ2) is 15.3. The smallest absolute Gasteiger partial charge is 0.264 e. The molecule has 4 rings (SSSR count). The van der Waals surface area contributed by atoms with Crippen LogP contribution < -0.4 is 5.32 Å². The topological polar surface area (TPSA) is 111 Å². The summed E-state index contributed by atoms with van der Waals surface area (Å²) in [4.78, 5) is 4.48. The van der Waals surface area contributed by atoms with E-state index in [1.54, 1.807) is 24.4 Å². The van der Waals surface area contributed by atoms with Crippen molar-refractivity contribution in [2.24, 2.45) is 5.92 Å². The lowest BCUT2D eigenvalue weighted by Gasteiger charge is -2.36. The van der Waals surface area contributed by atoms with Gasteiger partial charge in [-0.15, -0.1) is 0 Å². The summed E-state index contributed by atoms with van der Waals surface area (Å²) in [6, 6.07) is 14.6. The van der Waals surface area contributed by atoms with Crippen LogP contribution in [-0.2, 0) is 37.7 Å². The standard InChI is InChI=1S/C27H31Cl2NO6S.C2H7N/c1-37(32,33)35-18-23(34-17-19-12-13-24(28)25(29)14-19)15-22-16-30-26(36-22)27(31,20-8-4-2-5-9-20)21-10-6-3-7-11-21;1-3-2/h2,4-5,8-9,12-14,16,21,23,31H,3,6-7,10-11,15,17-18H2,1H3;3H,1-2H3. The predicted octanol–water partition coefficient (Wildman–Crippen LogP) is 5.74. The third-order valence-electron chi connectivity index (χ3n) is 6.66. The fraction of sp³-hybridized carbons (Fsp3) is 0.483. The Kier molecular flexibility index (Phi) is 12.4. The Morgan fingerprint density at radius 2 is 1.77 bits per heavy atom. The molecule has 2 aromatic carbocycles. The molecule has 2 atom stereocenters. The molecule has 40 heavy (non-hydrogen) atoms. The lowest BCUT2D eigenvalue weighted by atomic mass is 9.73. The molecule has 0 amide bonds. The van der Waals surface area contributed by atoms with Gasteiger partial charge in [0.1, 0.15) is 5.76 Å². The summed E-state index contributed by atoms with van der Waals surface area (Å²) in [5.74, 6) is 0.662. The normalized spacial score (nSPS) is 16.6. The molecule has 0 aliphatic heterocycles. The molecule has 1 fully saturated rings. The van der Waals surface area contributed by atoms with E-state index in [2.05, 4.69) is 10.3 Å². The molecule has 1 aromatic heterocycles. The van der Waals surface area contributed by atoms with E-state index in [9.17, 15) is 13.5 Å². The third-order valence-corrected chi connectivity index (χ3v) is 7.96. The van der Waals surface area contributed by atoms with Crippen LogP contribution in [0, 0.1) is 5.92 Å². The van der Waals surface area contributed by atoms with Gasteiger partial charge in [-0.1, -0.05) is 78.9 Å². The van der Waals surface area contributed by atoms with Gasteiger partial charge in [0, 0.05) is 12.3 Å². The first-order chi connectivity index (χ1) is 19.1. The van der Waals surface area contributed by atoms with Gasteiger partial charge in [0.2, 0.25) is 5.89 Å². The second-order valence-electron chi connectivity index (χ2n) is 9.97. The molecule has 0 saturated heterocycles. The predicted molar refractivity (Wildman–Crippen MR) is 157 cm³/mol. The molecular formula is C29H38Cl2N2O6S. The number of hydrogen-bond acceptors (Lipinski definition) is 8. The maximum absolute atomic E-state index is 12.0. The largest absolute Gasteiger partial charge is 0.442 e. The minimum Gasteiger partial charge on any atom is -0.442 e. The molecule has 0 bridgehead atoms. The van der Waals surface area contributed by atoms with Gasteiger partial charge in [-0.05, 0) is 50.2 Å². The van der Waals surface area contributed by atoms with Gasteiger partial charge in [-0.25, -0.2) is 4.98 Å². The van der Waals surface area contributed by atoms with E-state index in [0.717, 1.165) is 49.5 Å². The molecule has 2 unspecified atom stereocenters. The molecule has 1 saturated carbocycles. The van der Waals surface area contributed by atoms with Gasteiger partial charge >= 0.3 is 0 Å². The average Bonchev–Trinajstić information content (AvgIpc) is 3.41. The molecular weight excluding hydrogens is 575 g/mol. The van der Waals surface area contributed by atoms with E-state index in [-0.39, 0.29) is 31.4 Å². The summed E-state index contributed by atoms with van der Waals surface area (Å²) in [5.41, 5.74) is 0.149. The number of hydrogen-bond donors (Lipinski definition) is 2. The number of rotatable bonds is 11. The molecule has 2 N–H and O–H groups in total. The molecule has 220 valence electrons. The van der Waals surface area contributed by atoms with E-state index >= 15 is 0 Å². The van der Waals surface area contributed by atoms with Gasteiger partial charge in [0.15, 0.2) is 5.60 Å². The van der Waals surface area contributed by atoms with E-state index in [1.165, 1.54) is 0 Å². The highest BCUT2D eigenvalue weighted by atomic mass is 35.5. The number of ether oxygens (including phenoxy) is 1. The number of aromatic nitrogens is 1. The lowest BCUT2D eigenvalue weighted by molar-refractivity contribution is -0.0256. The Hall–Kier alpha value is -1.98. The van der Waals surface area contributed by atoms with Crippen LogP contribution in [0.5, 0.6) is 0 Å². The molecule has 11 heteroatoms. The first-order valence-corrected chi connectivity index (χ1v) is 15.9. The van der Waals surface area contributed by atoms with Crippen LogP contribution in [0.2, 0.25) is 10.0 Å². The Labute approximate surface area is 247 Å². The summed E-state index contributed by atoms with van der Waals surface area (Å²) in [6.45, 7) is -0.0481. The van der Waals surface area contributed by atoms with Crippen LogP contribution in [0.3, 0.4) is 0 Å². The van der Waals surface area contributed by atoms with Crippen molar-refractivity contribution in [3.63, 3.8) is 0 Å². The summed E-state index contributed by atoms with van der Waals surface area (Å²) < 4.78 is 40.4. The number of benzene rings is 2. The highest BCUT2D eigenvalue weighted by Gasteiger charge is 2.44. The van der Waals surface area contributed by atoms with Crippen LogP contribution in [0.15, 0.2) is 59.1 Å².